The molecule has 18 heavy (non-hydrogen) atoms. The molecule has 10 heteroatoms. The molecule has 1 aromatic rings. The standard InChI is InChI=1S/C8H7FN2O6S/c9-5-2-1-3-6(8(5)11(14)15)18(16,17)10-4-7(12)13/h1-3,10H,4H2,(H,12,13). The van der Waals surface area contributed by atoms with Gasteiger partial charge in [0.2, 0.25) is 15.8 Å². The first kappa shape index (κ1) is 14.0. The van der Waals surface area contributed by atoms with Gasteiger partial charge in [0.05, 0.1) is 4.92 Å². The van der Waals surface area contributed by atoms with Crippen LogP contribution in [0.15, 0.2) is 23.1 Å². The number of halogens is 1. The number of carboxylic acid groups (broad SMARTS) is 1. The molecule has 0 unspecified atom stereocenters. The van der Waals surface area contributed by atoms with Gasteiger partial charge in [-0.1, -0.05) is 6.07 Å². The average molecular weight is 278 g/mol. The van der Waals surface area contributed by atoms with E-state index in [1.807, 2.05) is 0 Å². The van der Waals surface area contributed by atoms with Crippen LogP contribution in [0.1, 0.15) is 0 Å². The molecule has 0 saturated carbocycles. The molecule has 0 radical (unpaired) electrons. The van der Waals surface area contributed by atoms with Gasteiger partial charge in [-0.3, -0.25) is 14.9 Å². The van der Waals surface area contributed by atoms with Gasteiger partial charge in [-0.25, -0.2) is 8.42 Å². The highest BCUT2D eigenvalue weighted by molar-refractivity contribution is 7.89. The molecule has 0 aliphatic carbocycles. The van der Waals surface area contributed by atoms with Crippen molar-refractivity contribution in [2.24, 2.45) is 0 Å². The van der Waals surface area contributed by atoms with E-state index in [-0.39, 0.29) is 0 Å². The van der Waals surface area contributed by atoms with Crippen molar-refractivity contribution in [2.75, 3.05) is 6.54 Å². The van der Waals surface area contributed by atoms with E-state index in [1.165, 1.54) is 0 Å². The Morgan fingerprint density at radius 3 is 2.61 bits per heavy atom. The van der Waals surface area contributed by atoms with Crippen LogP contribution in [0.25, 0.3) is 0 Å². The summed E-state index contributed by atoms with van der Waals surface area (Å²) in [6.07, 6.45) is 0. The summed E-state index contributed by atoms with van der Waals surface area (Å²) in [5.41, 5.74) is -1.23. The Labute approximate surface area is 100 Å². The number of sulfonamides is 1. The quantitative estimate of drug-likeness (QED) is 0.580. The highest BCUT2D eigenvalue weighted by Gasteiger charge is 2.29. The first-order chi connectivity index (χ1) is 8.25. The zero-order valence-electron chi connectivity index (χ0n) is 8.66. The van der Waals surface area contributed by atoms with E-state index in [4.69, 9.17) is 5.11 Å². The summed E-state index contributed by atoms with van der Waals surface area (Å²) in [6, 6.07) is 2.51. The first-order valence-corrected chi connectivity index (χ1v) is 5.88. The van der Waals surface area contributed by atoms with Crippen LogP contribution in [-0.2, 0) is 14.8 Å². The smallest absolute Gasteiger partial charge is 0.324 e. The summed E-state index contributed by atoms with van der Waals surface area (Å²) in [4.78, 5) is 18.7. The lowest BCUT2D eigenvalue weighted by Crippen LogP contribution is -2.30. The molecule has 8 nitrogen and oxygen atoms in total. The monoisotopic (exact) mass is 278 g/mol. The Hall–Kier alpha value is -2.07. The SMILES string of the molecule is O=C(O)CNS(=O)(=O)c1cccc(F)c1[N+](=O)[O-]. The summed E-state index contributed by atoms with van der Waals surface area (Å²) in [6.45, 7) is -0.962. The van der Waals surface area contributed by atoms with E-state index in [0.717, 1.165) is 18.2 Å². The molecule has 98 valence electrons. The van der Waals surface area contributed by atoms with E-state index in [2.05, 4.69) is 0 Å². The van der Waals surface area contributed by atoms with E-state index >= 15 is 0 Å². The maximum Gasteiger partial charge on any atom is 0.324 e. The van der Waals surface area contributed by atoms with Gasteiger partial charge in [-0.2, -0.15) is 9.11 Å². The number of carboxylic acids is 1. The van der Waals surface area contributed by atoms with Crippen molar-refractivity contribution < 1.29 is 27.6 Å². The summed E-state index contributed by atoms with van der Waals surface area (Å²) in [5.74, 6) is -2.80. The fourth-order valence-corrected chi connectivity index (χ4v) is 2.28. The number of nitro benzene ring substituents is 1. The molecule has 1 rings (SSSR count). The van der Waals surface area contributed by atoms with Crippen molar-refractivity contribution in [1.82, 2.24) is 4.72 Å². The highest BCUT2D eigenvalue weighted by atomic mass is 32.2. The van der Waals surface area contributed by atoms with Crippen LogP contribution < -0.4 is 4.72 Å². The van der Waals surface area contributed by atoms with Gasteiger partial charge in [0.25, 0.3) is 0 Å². The van der Waals surface area contributed by atoms with Gasteiger partial charge in [0.15, 0.2) is 4.90 Å². The Balaban J connectivity index is 3.28. The lowest BCUT2D eigenvalue weighted by atomic mass is 10.3. The van der Waals surface area contributed by atoms with Crippen molar-refractivity contribution in [3.63, 3.8) is 0 Å². The lowest BCUT2D eigenvalue weighted by Gasteiger charge is -2.05. The number of aliphatic carboxylic acids is 1. The van der Waals surface area contributed by atoms with Crippen molar-refractivity contribution in [1.29, 1.82) is 0 Å². The molecule has 2 N–H and O–H groups in total. The lowest BCUT2D eigenvalue weighted by molar-refractivity contribution is -0.390. The van der Waals surface area contributed by atoms with Crippen molar-refractivity contribution in [2.45, 2.75) is 4.90 Å². The fourth-order valence-electron chi connectivity index (χ4n) is 1.12. The minimum absolute atomic E-state index is 0.731. The Bertz CT molecular complexity index is 600. The molecule has 0 spiro atoms. The summed E-state index contributed by atoms with van der Waals surface area (Å²) >= 11 is 0. The fraction of sp³-hybridized carbons (Fsp3) is 0.125. The Kier molecular flexibility index (Phi) is 3.93. The van der Waals surface area contributed by atoms with E-state index in [0.29, 0.717) is 0 Å². The number of carbonyl (C=O) groups is 1. The molecule has 0 aromatic heterocycles. The molecule has 0 fully saturated rings. The second-order valence-corrected chi connectivity index (χ2v) is 4.80. The normalized spacial score (nSPS) is 11.2. The van der Waals surface area contributed by atoms with Crippen LogP contribution in [0.2, 0.25) is 0 Å². The maximum atomic E-state index is 13.2. The number of para-hydroxylation sites is 1. The third-order valence-corrected chi connectivity index (χ3v) is 3.27. The maximum absolute atomic E-state index is 13.2. The zero-order chi connectivity index (χ0) is 13.9. The van der Waals surface area contributed by atoms with Gasteiger partial charge < -0.3 is 5.11 Å². The van der Waals surface area contributed by atoms with E-state index in [9.17, 15) is 27.7 Å². The number of hydrogen-bond acceptors (Lipinski definition) is 5. The van der Waals surface area contributed by atoms with Crippen molar-refractivity contribution in [3.05, 3.63) is 34.1 Å². The Morgan fingerprint density at radius 2 is 2.11 bits per heavy atom. The largest absolute Gasteiger partial charge is 0.480 e. The van der Waals surface area contributed by atoms with Gasteiger partial charge in [0, 0.05) is 0 Å². The molecule has 0 aliphatic heterocycles. The van der Waals surface area contributed by atoms with Gasteiger partial charge in [-0.15, -0.1) is 0 Å². The van der Waals surface area contributed by atoms with E-state index < -0.39 is 43.9 Å². The molecule has 0 aliphatic rings. The second kappa shape index (κ2) is 5.06. The molecular weight excluding hydrogens is 271 g/mol. The highest BCUT2D eigenvalue weighted by Crippen LogP contribution is 2.26. The number of nitro groups is 1. The predicted octanol–water partition coefficient (Wildman–Crippen LogP) is 0.0968. The van der Waals surface area contributed by atoms with E-state index in [1.54, 1.807) is 4.72 Å². The summed E-state index contributed by atoms with van der Waals surface area (Å²) < 4.78 is 37.9. The number of hydrogen-bond donors (Lipinski definition) is 2. The van der Waals surface area contributed by atoms with Crippen LogP contribution in [0.5, 0.6) is 0 Å². The van der Waals surface area contributed by atoms with Crippen molar-refractivity contribution in [3.8, 4) is 0 Å². The Morgan fingerprint density at radius 1 is 1.50 bits per heavy atom. The van der Waals surface area contributed by atoms with Crippen LogP contribution in [0, 0.1) is 15.9 Å². The van der Waals surface area contributed by atoms with Gasteiger partial charge in [-0.05, 0) is 12.1 Å². The average Bonchev–Trinajstić information content (AvgIpc) is 2.25. The second-order valence-electron chi connectivity index (χ2n) is 3.06. The molecule has 0 bridgehead atoms. The first-order valence-electron chi connectivity index (χ1n) is 4.40. The van der Waals surface area contributed by atoms with Gasteiger partial charge in [0.1, 0.15) is 6.54 Å². The van der Waals surface area contributed by atoms with Gasteiger partial charge >= 0.3 is 11.7 Å². The number of benzene rings is 1. The minimum atomic E-state index is -4.47. The molecule has 1 aromatic carbocycles. The number of nitrogens with one attached hydrogen (secondary N) is 1. The molecule has 0 amide bonds. The zero-order valence-corrected chi connectivity index (χ0v) is 9.48. The summed E-state index contributed by atoms with van der Waals surface area (Å²) in [7, 11) is -4.47. The molecule has 0 atom stereocenters. The molecule has 0 saturated heterocycles. The number of rotatable bonds is 5. The van der Waals surface area contributed by atoms with Crippen LogP contribution in [0.4, 0.5) is 10.1 Å². The third-order valence-electron chi connectivity index (χ3n) is 1.84. The van der Waals surface area contributed by atoms with Crippen LogP contribution >= 0.6 is 0 Å². The number of nitrogens with zero attached hydrogens (tertiary/aromatic N) is 1. The van der Waals surface area contributed by atoms with Crippen LogP contribution in [-0.4, -0.2) is 31.0 Å². The van der Waals surface area contributed by atoms with Crippen LogP contribution in [0.3, 0.4) is 0 Å². The summed E-state index contributed by atoms with van der Waals surface area (Å²) in [5, 5.41) is 18.9. The molecule has 0 heterocycles. The predicted molar refractivity (Wildman–Crippen MR) is 55.9 cm³/mol. The topological polar surface area (TPSA) is 127 Å². The molecular formula is C8H7FN2O6S. The van der Waals surface area contributed by atoms with Crippen molar-refractivity contribution >= 4 is 21.7 Å². The minimum Gasteiger partial charge on any atom is -0.480 e. The third kappa shape index (κ3) is 2.99.